The van der Waals surface area contributed by atoms with Crippen molar-refractivity contribution in [1.29, 1.82) is 0 Å². The fraction of sp³-hybridized carbons (Fsp3) is 0.533. The fourth-order valence-corrected chi connectivity index (χ4v) is 3.33. The largest absolute Gasteiger partial charge is 0.293 e. The standard InChI is InChI=1S/C15H22O3S/c1-11(2)7-8-19(17,18)10-15(16)14-9-12(3)5-6-13(14)4/h5-6,9,11H,7-8,10H2,1-4H3. The average molecular weight is 282 g/mol. The second-order valence-corrected chi connectivity index (χ2v) is 7.70. The normalized spacial score (nSPS) is 11.8. The third-order valence-electron chi connectivity index (χ3n) is 3.05. The first-order valence-corrected chi connectivity index (χ1v) is 8.34. The maximum atomic E-state index is 12.1. The highest BCUT2D eigenvalue weighted by Gasteiger charge is 2.19. The zero-order chi connectivity index (χ0) is 14.6. The summed E-state index contributed by atoms with van der Waals surface area (Å²) in [6.45, 7) is 7.67. The zero-order valence-electron chi connectivity index (χ0n) is 12.1. The lowest BCUT2D eigenvalue weighted by molar-refractivity contribution is 0.102. The van der Waals surface area contributed by atoms with Crippen LogP contribution in [0.3, 0.4) is 0 Å². The molecule has 0 aromatic heterocycles. The maximum Gasteiger partial charge on any atom is 0.178 e. The van der Waals surface area contributed by atoms with Gasteiger partial charge in [0, 0.05) is 5.56 Å². The summed E-state index contributed by atoms with van der Waals surface area (Å²) < 4.78 is 23.8. The Balaban J connectivity index is 2.82. The van der Waals surface area contributed by atoms with Gasteiger partial charge >= 0.3 is 0 Å². The zero-order valence-corrected chi connectivity index (χ0v) is 12.9. The second-order valence-electron chi connectivity index (χ2n) is 5.52. The SMILES string of the molecule is Cc1ccc(C)c(C(=O)CS(=O)(=O)CCC(C)C)c1. The number of hydrogen-bond donors (Lipinski definition) is 0. The van der Waals surface area contributed by atoms with Gasteiger partial charge in [0.25, 0.3) is 0 Å². The highest BCUT2D eigenvalue weighted by Crippen LogP contribution is 2.13. The van der Waals surface area contributed by atoms with E-state index in [9.17, 15) is 13.2 Å². The Labute approximate surface area is 116 Å². The highest BCUT2D eigenvalue weighted by atomic mass is 32.2. The van der Waals surface area contributed by atoms with Crippen LogP contribution in [0.5, 0.6) is 0 Å². The van der Waals surface area contributed by atoms with Crippen LogP contribution in [-0.2, 0) is 9.84 Å². The Morgan fingerprint density at radius 3 is 2.42 bits per heavy atom. The van der Waals surface area contributed by atoms with Crippen molar-refractivity contribution >= 4 is 15.6 Å². The van der Waals surface area contributed by atoms with E-state index in [1.165, 1.54) is 0 Å². The van der Waals surface area contributed by atoms with Gasteiger partial charge in [-0.25, -0.2) is 8.42 Å². The van der Waals surface area contributed by atoms with Crippen LogP contribution in [-0.4, -0.2) is 25.7 Å². The van der Waals surface area contributed by atoms with Gasteiger partial charge in [0.2, 0.25) is 0 Å². The Morgan fingerprint density at radius 1 is 1.21 bits per heavy atom. The number of hydrogen-bond acceptors (Lipinski definition) is 3. The Bertz CT molecular complexity index is 557. The smallest absolute Gasteiger partial charge is 0.178 e. The molecule has 0 atom stereocenters. The van der Waals surface area contributed by atoms with E-state index in [1.54, 1.807) is 6.07 Å². The van der Waals surface area contributed by atoms with E-state index in [1.807, 2.05) is 39.8 Å². The molecule has 0 aliphatic heterocycles. The van der Waals surface area contributed by atoms with Gasteiger partial charge in [-0.15, -0.1) is 0 Å². The molecule has 0 heterocycles. The third kappa shape index (κ3) is 5.15. The summed E-state index contributed by atoms with van der Waals surface area (Å²) in [5.74, 6) is -0.277. The topological polar surface area (TPSA) is 51.2 Å². The summed E-state index contributed by atoms with van der Waals surface area (Å²) in [6.07, 6.45) is 0.600. The number of carbonyl (C=O) groups is 1. The predicted molar refractivity (Wildman–Crippen MR) is 78.4 cm³/mol. The summed E-state index contributed by atoms with van der Waals surface area (Å²) in [4.78, 5) is 12.1. The van der Waals surface area contributed by atoms with Gasteiger partial charge in [-0.3, -0.25) is 4.79 Å². The molecule has 1 aromatic rings. The molecule has 0 N–H and O–H groups in total. The summed E-state index contributed by atoms with van der Waals surface area (Å²) in [5, 5.41) is 0. The van der Waals surface area contributed by atoms with E-state index >= 15 is 0 Å². The molecular weight excluding hydrogens is 260 g/mol. The minimum absolute atomic E-state index is 0.0846. The van der Waals surface area contributed by atoms with Crippen molar-refractivity contribution in [2.75, 3.05) is 11.5 Å². The number of carbonyl (C=O) groups excluding carboxylic acids is 1. The number of sulfone groups is 1. The maximum absolute atomic E-state index is 12.1. The molecule has 0 aliphatic carbocycles. The fourth-order valence-electron chi connectivity index (χ4n) is 1.80. The number of rotatable bonds is 6. The molecule has 4 heteroatoms. The van der Waals surface area contributed by atoms with Crippen LogP contribution < -0.4 is 0 Å². The Kier molecular flexibility index (Phi) is 5.29. The van der Waals surface area contributed by atoms with Crippen molar-refractivity contribution in [3.8, 4) is 0 Å². The van der Waals surface area contributed by atoms with Crippen LogP contribution in [0.4, 0.5) is 0 Å². The van der Waals surface area contributed by atoms with Gasteiger partial charge in [-0.1, -0.05) is 31.5 Å². The van der Waals surface area contributed by atoms with Crippen LogP contribution in [0.2, 0.25) is 0 Å². The van der Waals surface area contributed by atoms with Crippen LogP contribution >= 0.6 is 0 Å². The second kappa shape index (κ2) is 6.33. The van der Waals surface area contributed by atoms with Gasteiger partial charge in [0.05, 0.1) is 5.75 Å². The summed E-state index contributed by atoms with van der Waals surface area (Å²) in [7, 11) is -3.30. The predicted octanol–water partition coefficient (Wildman–Crippen LogP) is 2.95. The van der Waals surface area contributed by atoms with E-state index in [0.29, 0.717) is 17.9 Å². The molecule has 106 valence electrons. The first-order chi connectivity index (χ1) is 8.71. The van der Waals surface area contributed by atoms with Crippen LogP contribution in [0.15, 0.2) is 18.2 Å². The quantitative estimate of drug-likeness (QED) is 0.754. The molecule has 0 aliphatic rings. The van der Waals surface area contributed by atoms with Crippen molar-refractivity contribution in [2.45, 2.75) is 34.1 Å². The van der Waals surface area contributed by atoms with E-state index in [2.05, 4.69) is 0 Å². The van der Waals surface area contributed by atoms with E-state index < -0.39 is 9.84 Å². The van der Waals surface area contributed by atoms with Crippen LogP contribution in [0.1, 0.15) is 41.8 Å². The van der Waals surface area contributed by atoms with Crippen molar-refractivity contribution in [3.05, 3.63) is 34.9 Å². The Morgan fingerprint density at radius 2 is 1.84 bits per heavy atom. The molecule has 0 fully saturated rings. The van der Waals surface area contributed by atoms with Crippen LogP contribution in [0, 0.1) is 19.8 Å². The molecule has 0 spiro atoms. The van der Waals surface area contributed by atoms with Gasteiger partial charge in [-0.2, -0.15) is 0 Å². The lowest BCUT2D eigenvalue weighted by Gasteiger charge is -2.08. The molecular formula is C15H22O3S. The molecule has 0 saturated carbocycles. The molecule has 0 amide bonds. The average Bonchev–Trinajstić information content (AvgIpc) is 2.29. The van der Waals surface area contributed by atoms with Crippen LogP contribution in [0.25, 0.3) is 0 Å². The molecule has 19 heavy (non-hydrogen) atoms. The van der Waals surface area contributed by atoms with Gasteiger partial charge in [0.15, 0.2) is 15.6 Å². The van der Waals surface area contributed by atoms with Crippen molar-refractivity contribution in [3.63, 3.8) is 0 Å². The number of ketones is 1. The molecule has 3 nitrogen and oxygen atoms in total. The summed E-state index contributed by atoms with van der Waals surface area (Å²) in [5.41, 5.74) is 2.32. The minimum atomic E-state index is -3.30. The molecule has 0 saturated heterocycles. The molecule has 0 bridgehead atoms. The van der Waals surface area contributed by atoms with Crippen molar-refractivity contribution in [2.24, 2.45) is 5.92 Å². The van der Waals surface area contributed by atoms with Gasteiger partial charge < -0.3 is 0 Å². The van der Waals surface area contributed by atoms with Crippen molar-refractivity contribution in [1.82, 2.24) is 0 Å². The van der Waals surface area contributed by atoms with Gasteiger partial charge in [-0.05, 0) is 37.8 Å². The van der Waals surface area contributed by atoms with E-state index in [0.717, 1.165) is 11.1 Å². The van der Waals surface area contributed by atoms with Crippen molar-refractivity contribution < 1.29 is 13.2 Å². The minimum Gasteiger partial charge on any atom is -0.293 e. The molecule has 0 radical (unpaired) electrons. The summed E-state index contributed by atoms with van der Waals surface area (Å²) in [6, 6.07) is 5.53. The molecule has 1 aromatic carbocycles. The first-order valence-electron chi connectivity index (χ1n) is 6.52. The Hall–Kier alpha value is -1.16. The molecule has 1 rings (SSSR count). The lowest BCUT2D eigenvalue weighted by Crippen LogP contribution is -2.20. The summed E-state index contributed by atoms with van der Waals surface area (Å²) >= 11 is 0. The monoisotopic (exact) mass is 282 g/mol. The molecule has 0 unspecified atom stereocenters. The highest BCUT2D eigenvalue weighted by molar-refractivity contribution is 7.92. The van der Waals surface area contributed by atoms with E-state index in [-0.39, 0.29) is 17.3 Å². The third-order valence-corrected chi connectivity index (χ3v) is 4.61. The van der Waals surface area contributed by atoms with Gasteiger partial charge in [0.1, 0.15) is 5.75 Å². The number of aryl methyl sites for hydroxylation is 2. The number of Topliss-reactive ketones (excluding diaryl/α,β-unsaturated/α-hetero) is 1. The number of benzene rings is 1. The lowest BCUT2D eigenvalue weighted by atomic mass is 10.0. The first kappa shape index (κ1) is 15.9. The van der Waals surface area contributed by atoms with E-state index in [4.69, 9.17) is 0 Å².